The van der Waals surface area contributed by atoms with Gasteiger partial charge < -0.3 is 15.3 Å². The van der Waals surface area contributed by atoms with Gasteiger partial charge >= 0.3 is 0 Å². The van der Waals surface area contributed by atoms with Crippen LogP contribution in [-0.2, 0) is 4.79 Å². The van der Waals surface area contributed by atoms with Crippen LogP contribution in [0.4, 0.5) is 0 Å². The monoisotopic (exact) mass is 337 g/mol. The molecule has 1 aromatic rings. The summed E-state index contributed by atoms with van der Waals surface area (Å²) in [6, 6.07) is 4.34. The van der Waals surface area contributed by atoms with Crippen LogP contribution >= 0.6 is 11.3 Å². The Balaban J connectivity index is 1.82. The Morgan fingerprint density at radius 3 is 2.87 bits per heavy atom. The Hall–Kier alpha value is -0.950. The summed E-state index contributed by atoms with van der Waals surface area (Å²) >= 11 is 1.67. The van der Waals surface area contributed by atoms with Gasteiger partial charge in [-0.05, 0) is 30.7 Å². The van der Waals surface area contributed by atoms with Crippen molar-refractivity contribution in [1.82, 2.24) is 15.1 Å². The van der Waals surface area contributed by atoms with Crippen molar-refractivity contribution in [3.8, 4) is 0 Å². The van der Waals surface area contributed by atoms with E-state index in [2.05, 4.69) is 28.6 Å². The minimum absolute atomic E-state index is 0.169. The summed E-state index contributed by atoms with van der Waals surface area (Å²) in [6.07, 6.45) is 2.19. The van der Waals surface area contributed by atoms with Gasteiger partial charge in [-0.1, -0.05) is 13.0 Å². The van der Waals surface area contributed by atoms with Gasteiger partial charge in [-0.25, -0.2) is 0 Å². The second-order valence-corrected chi connectivity index (χ2v) is 7.46. The summed E-state index contributed by atoms with van der Waals surface area (Å²) in [5.41, 5.74) is 0. The fourth-order valence-corrected chi connectivity index (χ4v) is 4.46. The maximum Gasteiger partial charge on any atom is 0.245 e. The zero-order valence-corrected chi connectivity index (χ0v) is 14.6. The highest BCUT2D eigenvalue weighted by Crippen LogP contribution is 2.31. The van der Waals surface area contributed by atoms with Crippen LogP contribution in [0, 0.1) is 0 Å². The molecule has 0 aromatic carbocycles. The first-order chi connectivity index (χ1) is 11.2. The largest absolute Gasteiger partial charge is 0.393 e. The lowest BCUT2D eigenvalue weighted by Crippen LogP contribution is -2.56. The normalized spacial score (nSPS) is 25.5. The second kappa shape index (κ2) is 7.75. The highest BCUT2D eigenvalue weighted by atomic mass is 32.1. The number of carbonyl (C=O) groups excluding carboxylic acids is 1. The molecule has 2 atom stereocenters. The van der Waals surface area contributed by atoms with Crippen LogP contribution in [0.2, 0.25) is 0 Å². The van der Waals surface area contributed by atoms with Gasteiger partial charge in [-0.2, -0.15) is 0 Å². The third kappa shape index (κ3) is 3.76. The number of amides is 1. The van der Waals surface area contributed by atoms with Crippen molar-refractivity contribution in [3.05, 3.63) is 22.4 Å². The van der Waals surface area contributed by atoms with Gasteiger partial charge in [0.1, 0.15) is 6.04 Å². The number of aliphatic hydroxyl groups excluding tert-OH is 1. The number of rotatable bonds is 4. The fraction of sp³-hybridized carbons (Fsp3) is 0.706. The van der Waals surface area contributed by atoms with Crippen molar-refractivity contribution in [2.75, 3.05) is 32.7 Å². The molecule has 6 heteroatoms. The van der Waals surface area contributed by atoms with Crippen LogP contribution in [0.15, 0.2) is 17.5 Å². The maximum atomic E-state index is 13.3. The average Bonchev–Trinajstić information content (AvgIpc) is 3.10. The van der Waals surface area contributed by atoms with Crippen LogP contribution in [0.3, 0.4) is 0 Å². The Kier molecular flexibility index (Phi) is 5.69. The van der Waals surface area contributed by atoms with E-state index >= 15 is 0 Å². The number of hydrogen-bond donors (Lipinski definition) is 2. The molecule has 5 nitrogen and oxygen atoms in total. The van der Waals surface area contributed by atoms with E-state index in [4.69, 9.17) is 0 Å². The number of piperazine rings is 1. The maximum absolute atomic E-state index is 13.3. The molecule has 3 rings (SSSR count). The van der Waals surface area contributed by atoms with Gasteiger partial charge in [0.15, 0.2) is 0 Å². The first kappa shape index (κ1) is 16.9. The molecule has 23 heavy (non-hydrogen) atoms. The molecule has 2 aliphatic rings. The van der Waals surface area contributed by atoms with Gasteiger partial charge in [-0.15, -0.1) is 11.3 Å². The quantitative estimate of drug-likeness (QED) is 0.873. The van der Waals surface area contributed by atoms with E-state index in [9.17, 15) is 9.90 Å². The standard InChI is InChI=1S/C17H27N3O2S/c1-2-13-12-18-7-10-20(13)16(15-4-3-11-23-15)17(22)19-8-5-14(21)6-9-19/h3-4,11,13-14,16,18,21H,2,5-10,12H2,1H3. The van der Waals surface area contributed by atoms with Crippen LogP contribution in [0.25, 0.3) is 0 Å². The summed E-state index contributed by atoms with van der Waals surface area (Å²) in [5, 5.41) is 15.2. The molecule has 3 heterocycles. The van der Waals surface area contributed by atoms with Gasteiger partial charge in [-0.3, -0.25) is 9.69 Å². The van der Waals surface area contributed by atoms with Crippen molar-refractivity contribution in [3.63, 3.8) is 0 Å². The number of piperidine rings is 1. The van der Waals surface area contributed by atoms with Crippen LogP contribution in [0.1, 0.15) is 37.1 Å². The highest BCUT2D eigenvalue weighted by Gasteiger charge is 2.37. The molecule has 1 amide bonds. The fourth-order valence-electron chi connectivity index (χ4n) is 3.63. The van der Waals surface area contributed by atoms with Crippen LogP contribution in [-0.4, -0.2) is 65.7 Å². The smallest absolute Gasteiger partial charge is 0.245 e. The third-order valence-corrected chi connectivity index (χ3v) is 5.95. The number of nitrogens with zero attached hydrogens (tertiary/aromatic N) is 2. The molecule has 0 spiro atoms. The van der Waals surface area contributed by atoms with Crippen molar-refractivity contribution in [2.45, 2.75) is 44.4 Å². The van der Waals surface area contributed by atoms with Gasteiger partial charge in [0.25, 0.3) is 0 Å². The Labute approximate surface area is 142 Å². The van der Waals surface area contributed by atoms with Crippen molar-refractivity contribution in [2.24, 2.45) is 0 Å². The third-order valence-electron chi connectivity index (χ3n) is 5.02. The minimum Gasteiger partial charge on any atom is -0.393 e. The minimum atomic E-state index is -0.248. The molecule has 2 saturated heterocycles. The summed E-state index contributed by atoms with van der Waals surface area (Å²) in [4.78, 5) is 18.7. The molecular formula is C17H27N3O2S. The molecule has 2 aliphatic heterocycles. The van der Waals surface area contributed by atoms with E-state index in [1.165, 1.54) is 0 Å². The number of hydrogen-bond acceptors (Lipinski definition) is 5. The predicted octanol–water partition coefficient (Wildman–Crippen LogP) is 1.46. The average molecular weight is 337 g/mol. The Morgan fingerprint density at radius 1 is 1.43 bits per heavy atom. The predicted molar refractivity (Wildman–Crippen MR) is 92.5 cm³/mol. The van der Waals surface area contributed by atoms with Gasteiger partial charge in [0.05, 0.1) is 6.10 Å². The summed E-state index contributed by atoms with van der Waals surface area (Å²) in [5.74, 6) is 0.208. The number of carbonyl (C=O) groups is 1. The van der Waals surface area contributed by atoms with E-state index in [0.717, 1.165) is 30.9 Å². The molecule has 2 N–H and O–H groups in total. The van der Waals surface area contributed by atoms with E-state index in [-0.39, 0.29) is 18.1 Å². The topological polar surface area (TPSA) is 55.8 Å². The van der Waals surface area contributed by atoms with Crippen LogP contribution in [0.5, 0.6) is 0 Å². The van der Waals surface area contributed by atoms with Crippen LogP contribution < -0.4 is 5.32 Å². The molecule has 2 unspecified atom stereocenters. The van der Waals surface area contributed by atoms with E-state index in [1.807, 2.05) is 11.0 Å². The Bertz CT molecular complexity index is 500. The van der Waals surface area contributed by atoms with Gasteiger partial charge in [0.2, 0.25) is 5.91 Å². The molecule has 2 fully saturated rings. The summed E-state index contributed by atoms with van der Waals surface area (Å²) in [7, 11) is 0. The zero-order valence-electron chi connectivity index (χ0n) is 13.8. The first-order valence-corrected chi connectivity index (χ1v) is 9.55. The number of aliphatic hydroxyl groups is 1. The lowest BCUT2D eigenvalue weighted by molar-refractivity contribution is -0.140. The molecule has 1 aromatic heterocycles. The Morgan fingerprint density at radius 2 is 2.22 bits per heavy atom. The molecule has 0 saturated carbocycles. The van der Waals surface area contributed by atoms with E-state index in [1.54, 1.807) is 11.3 Å². The van der Waals surface area contributed by atoms with Crippen molar-refractivity contribution >= 4 is 17.2 Å². The molecule has 128 valence electrons. The lowest BCUT2D eigenvalue weighted by atomic mass is 10.0. The molecule has 0 radical (unpaired) electrons. The van der Waals surface area contributed by atoms with E-state index in [0.29, 0.717) is 32.0 Å². The summed E-state index contributed by atoms with van der Waals surface area (Å²) in [6.45, 7) is 6.32. The number of nitrogens with one attached hydrogen (secondary N) is 1. The highest BCUT2D eigenvalue weighted by molar-refractivity contribution is 7.10. The zero-order chi connectivity index (χ0) is 16.2. The summed E-state index contributed by atoms with van der Waals surface area (Å²) < 4.78 is 0. The lowest BCUT2D eigenvalue weighted by Gasteiger charge is -2.42. The first-order valence-electron chi connectivity index (χ1n) is 8.67. The molecular weight excluding hydrogens is 310 g/mol. The SMILES string of the molecule is CCC1CNCCN1C(C(=O)N1CCC(O)CC1)c1cccs1. The number of thiophene rings is 1. The van der Waals surface area contributed by atoms with Crippen molar-refractivity contribution < 1.29 is 9.90 Å². The van der Waals surface area contributed by atoms with E-state index < -0.39 is 0 Å². The molecule has 0 aliphatic carbocycles. The molecule has 0 bridgehead atoms. The van der Waals surface area contributed by atoms with Crippen molar-refractivity contribution in [1.29, 1.82) is 0 Å². The van der Waals surface area contributed by atoms with Gasteiger partial charge in [0, 0.05) is 43.6 Å². The number of likely N-dealkylation sites (tertiary alicyclic amines) is 1. The second-order valence-electron chi connectivity index (χ2n) is 6.48.